The summed E-state index contributed by atoms with van der Waals surface area (Å²) >= 11 is 2.94. The van der Waals surface area contributed by atoms with Crippen molar-refractivity contribution < 1.29 is 5.11 Å². The van der Waals surface area contributed by atoms with Crippen LogP contribution in [0.15, 0.2) is 21.8 Å². The third kappa shape index (κ3) is 1.38. The van der Waals surface area contributed by atoms with Crippen LogP contribution in [0, 0.1) is 0 Å². The molecule has 1 N–H and O–H groups in total. The van der Waals surface area contributed by atoms with Crippen LogP contribution in [0.4, 0.5) is 0 Å². The first-order valence-electron chi connectivity index (χ1n) is 3.32. The summed E-state index contributed by atoms with van der Waals surface area (Å²) in [6.45, 7) is 0. The Kier molecular flexibility index (Phi) is 2.16. The number of aliphatic hydroxyl groups is 1. The van der Waals surface area contributed by atoms with Crippen LogP contribution in [0.25, 0.3) is 0 Å². The number of hydrogen-bond donors (Lipinski definition) is 1. The van der Waals surface area contributed by atoms with Crippen molar-refractivity contribution >= 4 is 22.7 Å². The van der Waals surface area contributed by atoms with Gasteiger partial charge in [-0.2, -0.15) is 0 Å². The Hall–Kier alpha value is -0.780. The van der Waals surface area contributed by atoms with E-state index in [1.165, 1.54) is 22.7 Å². The molecule has 0 aromatic carbocycles. The van der Waals surface area contributed by atoms with Gasteiger partial charge >= 0.3 is 0 Å². The van der Waals surface area contributed by atoms with Crippen molar-refractivity contribution in [3.05, 3.63) is 33.2 Å². The minimum absolute atomic E-state index is 0.664. The first-order valence-corrected chi connectivity index (χ1v) is 5.20. The van der Waals surface area contributed by atoms with E-state index in [0.29, 0.717) is 11.4 Å². The summed E-state index contributed by atoms with van der Waals surface area (Å²) in [5, 5.41) is 13.3. The van der Waals surface area contributed by atoms with Gasteiger partial charge in [-0.15, -0.1) is 22.7 Å². The summed E-state index contributed by atoms with van der Waals surface area (Å²) < 4.78 is 0. The van der Waals surface area contributed by atoms with Crippen molar-refractivity contribution in [3.8, 4) is 0 Å². The second kappa shape index (κ2) is 3.30. The van der Waals surface area contributed by atoms with Crippen molar-refractivity contribution in [2.75, 3.05) is 0 Å². The molecule has 2 heterocycles. The Morgan fingerprint density at radius 3 is 1.92 bits per heavy atom. The third-order valence-corrected chi connectivity index (χ3v) is 2.67. The Labute approximate surface area is 77.4 Å². The fourth-order valence-corrected chi connectivity index (χ4v) is 2.01. The SMILES string of the molecule is OC(c1cscn1)c1cscn1. The lowest BCUT2D eigenvalue weighted by atomic mass is 10.2. The normalized spacial score (nSPS) is 10.8. The molecular formula is C7H6N2OS2. The zero-order valence-corrected chi connectivity index (χ0v) is 7.68. The van der Waals surface area contributed by atoms with Gasteiger partial charge in [0.15, 0.2) is 0 Å². The molecule has 0 spiro atoms. The summed E-state index contributed by atoms with van der Waals surface area (Å²) in [7, 11) is 0. The van der Waals surface area contributed by atoms with E-state index in [1.54, 1.807) is 11.0 Å². The lowest BCUT2D eigenvalue weighted by molar-refractivity contribution is 0.212. The second-order valence-electron chi connectivity index (χ2n) is 2.23. The van der Waals surface area contributed by atoms with Gasteiger partial charge in [0, 0.05) is 10.8 Å². The van der Waals surface area contributed by atoms with E-state index in [9.17, 15) is 5.11 Å². The molecule has 0 amide bonds. The van der Waals surface area contributed by atoms with Crippen LogP contribution in [-0.4, -0.2) is 15.1 Å². The summed E-state index contributed by atoms with van der Waals surface area (Å²) in [5.74, 6) is 0. The predicted molar refractivity (Wildman–Crippen MR) is 48.3 cm³/mol. The first-order chi connectivity index (χ1) is 5.88. The Balaban J connectivity index is 2.27. The number of aliphatic hydroxyl groups excluding tert-OH is 1. The second-order valence-corrected chi connectivity index (χ2v) is 3.67. The van der Waals surface area contributed by atoms with Crippen molar-refractivity contribution in [1.29, 1.82) is 0 Å². The molecule has 0 fully saturated rings. The van der Waals surface area contributed by atoms with Gasteiger partial charge in [0.05, 0.1) is 22.4 Å². The molecule has 0 atom stereocenters. The van der Waals surface area contributed by atoms with Crippen molar-refractivity contribution in [2.45, 2.75) is 6.10 Å². The van der Waals surface area contributed by atoms with E-state index in [4.69, 9.17) is 0 Å². The third-order valence-electron chi connectivity index (χ3n) is 1.46. The number of hydrogen-bond acceptors (Lipinski definition) is 5. The molecule has 0 bridgehead atoms. The Morgan fingerprint density at radius 2 is 1.58 bits per heavy atom. The van der Waals surface area contributed by atoms with E-state index < -0.39 is 6.10 Å². The molecule has 0 radical (unpaired) electrons. The molecule has 2 aromatic rings. The molecule has 5 heteroatoms. The maximum Gasteiger partial charge on any atom is 0.139 e. The minimum Gasteiger partial charge on any atom is -0.380 e. The van der Waals surface area contributed by atoms with Gasteiger partial charge in [-0.05, 0) is 0 Å². The zero-order valence-electron chi connectivity index (χ0n) is 6.04. The van der Waals surface area contributed by atoms with Crippen LogP contribution in [0.1, 0.15) is 17.5 Å². The van der Waals surface area contributed by atoms with E-state index in [2.05, 4.69) is 9.97 Å². The Bertz CT molecular complexity index is 296. The van der Waals surface area contributed by atoms with Gasteiger partial charge in [-0.25, -0.2) is 9.97 Å². The quantitative estimate of drug-likeness (QED) is 0.798. The molecule has 0 aliphatic rings. The lowest BCUT2D eigenvalue weighted by Crippen LogP contribution is -1.99. The number of rotatable bonds is 2. The standard InChI is InChI=1S/C7H6N2OS2/c10-7(5-1-11-3-8-5)6-2-12-4-9-6/h1-4,7,10H. The number of aromatic nitrogens is 2. The monoisotopic (exact) mass is 198 g/mol. The molecule has 0 saturated heterocycles. The van der Waals surface area contributed by atoms with Gasteiger partial charge in [-0.3, -0.25) is 0 Å². The number of thiazole rings is 2. The average Bonchev–Trinajstić information content (AvgIpc) is 2.77. The molecule has 62 valence electrons. The molecule has 0 unspecified atom stereocenters. The van der Waals surface area contributed by atoms with Crippen LogP contribution in [0.5, 0.6) is 0 Å². The summed E-state index contributed by atoms with van der Waals surface area (Å²) in [4.78, 5) is 8.01. The van der Waals surface area contributed by atoms with E-state index >= 15 is 0 Å². The highest BCUT2D eigenvalue weighted by Crippen LogP contribution is 2.20. The van der Waals surface area contributed by atoms with Crippen LogP contribution in [-0.2, 0) is 0 Å². The fraction of sp³-hybridized carbons (Fsp3) is 0.143. The fourth-order valence-electron chi connectivity index (χ4n) is 0.865. The van der Waals surface area contributed by atoms with Crippen LogP contribution >= 0.6 is 22.7 Å². The molecule has 0 saturated carbocycles. The number of nitrogens with zero attached hydrogens (tertiary/aromatic N) is 2. The van der Waals surface area contributed by atoms with Crippen molar-refractivity contribution in [3.63, 3.8) is 0 Å². The zero-order chi connectivity index (χ0) is 8.39. The Morgan fingerprint density at radius 1 is 1.08 bits per heavy atom. The largest absolute Gasteiger partial charge is 0.380 e. The summed E-state index contributed by atoms with van der Waals surface area (Å²) in [6.07, 6.45) is -0.664. The van der Waals surface area contributed by atoms with Crippen LogP contribution < -0.4 is 0 Å². The molecular weight excluding hydrogens is 192 g/mol. The molecule has 2 rings (SSSR count). The molecule has 0 aliphatic heterocycles. The molecule has 12 heavy (non-hydrogen) atoms. The first kappa shape index (κ1) is 7.85. The minimum atomic E-state index is -0.664. The highest BCUT2D eigenvalue weighted by atomic mass is 32.1. The smallest absolute Gasteiger partial charge is 0.139 e. The van der Waals surface area contributed by atoms with Crippen molar-refractivity contribution in [2.24, 2.45) is 0 Å². The maximum absolute atomic E-state index is 9.66. The maximum atomic E-state index is 9.66. The predicted octanol–water partition coefficient (Wildman–Crippen LogP) is 1.68. The summed E-state index contributed by atoms with van der Waals surface area (Å²) in [5.41, 5.74) is 4.74. The highest BCUT2D eigenvalue weighted by Gasteiger charge is 2.13. The van der Waals surface area contributed by atoms with E-state index in [0.717, 1.165) is 0 Å². The lowest BCUT2D eigenvalue weighted by Gasteiger charge is -2.01. The molecule has 2 aromatic heterocycles. The summed E-state index contributed by atoms with van der Waals surface area (Å²) in [6, 6.07) is 0. The van der Waals surface area contributed by atoms with Gasteiger partial charge in [0.1, 0.15) is 6.10 Å². The van der Waals surface area contributed by atoms with Gasteiger partial charge in [0.25, 0.3) is 0 Å². The van der Waals surface area contributed by atoms with Gasteiger partial charge in [0.2, 0.25) is 0 Å². The van der Waals surface area contributed by atoms with Gasteiger partial charge < -0.3 is 5.11 Å². The topological polar surface area (TPSA) is 46.0 Å². The molecule has 3 nitrogen and oxygen atoms in total. The van der Waals surface area contributed by atoms with E-state index in [1.807, 2.05) is 10.8 Å². The van der Waals surface area contributed by atoms with Gasteiger partial charge in [-0.1, -0.05) is 0 Å². The van der Waals surface area contributed by atoms with Crippen LogP contribution in [0.3, 0.4) is 0 Å². The van der Waals surface area contributed by atoms with Crippen molar-refractivity contribution in [1.82, 2.24) is 9.97 Å². The van der Waals surface area contributed by atoms with E-state index in [-0.39, 0.29) is 0 Å². The average molecular weight is 198 g/mol. The molecule has 0 aliphatic carbocycles. The van der Waals surface area contributed by atoms with Crippen LogP contribution in [0.2, 0.25) is 0 Å². The highest BCUT2D eigenvalue weighted by molar-refractivity contribution is 7.07.